The van der Waals surface area contributed by atoms with Gasteiger partial charge in [0, 0.05) is 27.3 Å². The minimum atomic E-state index is -0.511. The summed E-state index contributed by atoms with van der Waals surface area (Å²) < 4.78 is 10.8. The molecule has 0 saturated carbocycles. The van der Waals surface area contributed by atoms with Crippen LogP contribution in [0.15, 0.2) is 18.2 Å². The fourth-order valence-electron chi connectivity index (χ4n) is 2.43. The molecule has 1 saturated heterocycles. The lowest BCUT2D eigenvalue weighted by Crippen LogP contribution is -2.27. The van der Waals surface area contributed by atoms with Gasteiger partial charge in [-0.3, -0.25) is 0 Å². The molecule has 2 rings (SSSR count). The summed E-state index contributed by atoms with van der Waals surface area (Å²) in [5, 5.41) is 10.2. The molecule has 1 N–H and O–H groups in total. The van der Waals surface area contributed by atoms with Crippen molar-refractivity contribution >= 4 is 17.3 Å². The summed E-state index contributed by atoms with van der Waals surface area (Å²) in [6.45, 7) is 3.23. The van der Waals surface area contributed by atoms with Gasteiger partial charge in [-0.1, -0.05) is 17.7 Å². The number of rotatable bonds is 4. The first kappa shape index (κ1) is 14.6. The van der Waals surface area contributed by atoms with Crippen molar-refractivity contribution in [1.82, 2.24) is 0 Å². The van der Waals surface area contributed by atoms with Crippen molar-refractivity contribution in [3.63, 3.8) is 0 Å². The fourth-order valence-corrected chi connectivity index (χ4v) is 2.74. The Bertz CT molecular complexity index is 427. The SMILES string of the molecule is COC1CN(c2ccc(C(C)O)cc2Cl)CC1OC. The van der Waals surface area contributed by atoms with Gasteiger partial charge in [0.1, 0.15) is 12.2 Å². The molecule has 1 heterocycles. The smallest absolute Gasteiger partial charge is 0.102 e. The lowest BCUT2D eigenvalue weighted by Gasteiger charge is -2.20. The topological polar surface area (TPSA) is 41.9 Å². The number of methoxy groups -OCH3 is 2. The largest absolute Gasteiger partial charge is 0.389 e. The number of benzene rings is 1. The number of nitrogens with zero attached hydrogens (tertiary/aromatic N) is 1. The van der Waals surface area contributed by atoms with Crippen LogP contribution in [-0.4, -0.2) is 44.6 Å². The van der Waals surface area contributed by atoms with Gasteiger partial charge in [0.2, 0.25) is 0 Å². The zero-order valence-electron chi connectivity index (χ0n) is 11.5. The number of hydrogen-bond donors (Lipinski definition) is 1. The highest BCUT2D eigenvalue weighted by Crippen LogP contribution is 2.32. The zero-order valence-corrected chi connectivity index (χ0v) is 12.2. The molecule has 0 aliphatic carbocycles. The van der Waals surface area contributed by atoms with Crippen molar-refractivity contribution in [1.29, 1.82) is 0 Å². The third-order valence-electron chi connectivity index (χ3n) is 3.62. The number of ether oxygens (including phenoxy) is 2. The molecule has 1 aliphatic heterocycles. The van der Waals surface area contributed by atoms with Gasteiger partial charge in [0.05, 0.1) is 16.8 Å². The lowest BCUT2D eigenvalue weighted by molar-refractivity contribution is -0.00461. The molecule has 5 heteroatoms. The first-order chi connectivity index (χ1) is 9.06. The summed E-state index contributed by atoms with van der Waals surface area (Å²) >= 11 is 6.30. The van der Waals surface area contributed by atoms with E-state index in [1.54, 1.807) is 21.1 Å². The molecule has 1 aromatic carbocycles. The standard InChI is InChI=1S/C14H20ClNO3/c1-9(17)10-4-5-12(11(15)6-10)16-7-13(18-2)14(8-16)19-3/h4-6,9,13-14,17H,7-8H2,1-3H3. The van der Waals surface area contributed by atoms with Crippen molar-refractivity contribution in [2.75, 3.05) is 32.2 Å². The van der Waals surface area contributed by atoms with Gasteiger partial charge < -0.3 is 19.5 Å². The van der Waals surface area contributed by atoms with E-state index in [4.69, 9.17) is 21.1 Å². The predicted molar refractivity (Wildman–Crippen MR) is 75.9 cm³/mol. The van der Waals surface area contributed by atoms with Crippen molar-refractivity contribution in [2.45, 2.75) is 25.2 Å². The molecule has 0 amide bonds. The van der Waals surface area contributed by atoms with Gasteiger partial charge in [0.15, 0.2) is 0 Å². The Kier molecular flexibility index (Phi) is 4.68. The van der Waals surface area contributed by atoms with E-state index in [2.05, 4.69) is 4.90 Å². The molecular weight excluding hydrogens is 266 g/mol. The minimum absolute atomic E-state index is 0.0532. The third kappa shape index (κ3) is 3.03. The van der Waals surface area contributed by atoms with E-state index in [9.17, 15) is 5.11 Å². The van der Waals surface area contributed by atoms with E-state index >= 15 is 0 Å². The summed E-state index contributed by atoms with van der Waals surface area (Å²) in [6, 6.07) is 5.65. The second-order valence-electron chi connectivity index (χ2n) is 4.84. The molecule has 0 aromatic heterocycles. The van der Waals surface area contributed by atoms with Crippen LogP contribution in [0.4, 0.5) is 5.69 Å². The fraction of sp³-hybridized carbons (Fsp3) is 0.571. The highest BCUT2D eigenvalue weighted by atomic mass is 35.5. The number of aliphatic hydroxyl groups is 1. The number of anilines is 1. The molecule has 1 aromatic rings. The van der Waals surface area contributed by atoms with Crippen molar-refractivity contribution in [2.24, 2.45) is 0 Å². The Morgan fingerprint density at radius 3 is 2.26 bits per heavy atom. The second kappa shape index (κ2) is 6.09. The normalized spacial score (nSPS) is 24.8. The summed E-state index contributed by atoms with van der Waals surface area (Å²) in [7, 11) is 3.39. The van der Waals surface area contributed by atoms with Crippen LogP contribution in [0, 0.1) is 0 Å². The monoisotopic (exact) mass is 285 g/mol. The number of halogens is 1. The van der Waals surface area contributed by atoms with Crippen LogP contribution in [0.3, 0.4) is 0 Å². The maximum atomic E-state index is 9.55. The van der Waals surface area contributed by atoms with Gasteiger partial charge in [-0.05, 0) is 24.6 Å². The summed E-state index contributed by atoms with van der Waals surface area (Å²) in [5.74, 6) is 0. The molecular formula is C14H20ClNO3. The van der Waals surface area contributed by atoms with Crippen LogP contribution in [-0.2, 0) is 9.47 Å². The Morgan fingerprint density at radius 2 is 1.84 bits per heavy atom. The van der Waals surface area contributed by atoms with Gasteiger partial charge in [-0.15, -0.1) is 0 Å². The van der Waals surface area contributed by atoms with E-state index in [1.165, 1.54) is 0 Å². The van der Waals surface area contributed by atoms with E-state index in [0.717, 1.165) is 24.3 Å². The van der Waals surface area contributed by atoms with Crippen LogP contribution in [0.1, 0.15) is 18.6 Å². The minimum Gasteiger partial charge on any atom is -0.389 e. The zero-order chi connectivity index (χ0) is 14.0. The van der Waals surface area contributed by atoms with Crippen molar-refractivity contribution in [3.05, 3.63) is 28.8 Å². The molecule has 0 radical (unpaired) electrons. The Labute approximate surface area is 118 Å². The average molecular weight is 286 g/mol. The molecule has 0 bridgehead atoms. The van der Waals surface area contributed by atoms with E-state index in [0.29, 0.717) is 5.02 Å². The van der Waals surface area contributed by atoms with Crippen LogP contribution >= 0.6 is 11.6 Å². The molecule has 3 atom stereocenters. The Balaban J connectivity index is 2.19. The highest BCUT2D eigenvalue weighted by molar-refractivity contribution is 6.33. The maximum absolute atomic E-state index is 9.55. The molecule has 4 nitrogen and oxygen atoms in total. The number of aliphatic hydroxyl groups excluding tert-OH is 1. The maximum Gasteiger partial charge on any atom is 0.102 e. The summed E-state index contributed by atoms with van der Waals surface area (Å²) in [4.78, 5) is 2.15. The van der Waals surface area contributed by atoms with Crippen LogP contribution in [0.2, 0.25) is 5.02 Å². The van der Waals surface area contributed by atoms with Gasteiger partial charge >= 0.3 is 0 Å². The quantitative estimate of drug-likeness (QED) is 0.921. The van der Waals surface area contributed by atoms with Crippen molar-refractivity contribution in [3.8, 4) is 0 Å². The summed E-state index contributed by atoms with van der Waals surface area (Å²) in [5.41, 5.74) is 1.77. The third-order valence-corrected chi connectivity index (χ3v) is 3.92. The van der Waals surface area contributed by atoms with Gasteiger partial charge in [-0.25, -0.2) is 0 Å². The van der Waals surface area contributed by atoms with Crippen LogP contribution in [0.25, 0.3) is 0 Å². The molecule has 3 unspecified atom stereocenters. The molecule has 1 fully saturated rings. The van der Waals surface area contributed by atoms with E-state index in [-0.39, 0.29) is 12.2 Å². The summed E-state index contributed by atoms with van der Waals surface area (Å²) in [6.07, 6.45) is -0.404. The van der Waals surface area contributed by atoms with Gasteiger partial charge in [0.25, 0.3) is 0 Å². The Morgan fingerprint density at radius 1 is 1.26 bits per heavy atom. The van der Waals surface area contributed by atoms with Crippen LogP contribution < -0.4 is 4.90 Å². The molecule has 19 heavy (non-hydrogen) atoms. The van der Waals surface area contributed by atoms with Crippen LogP contribution in [0.5, 0.6) is 0 Å². The van der Waals surface area contributed by atoms with Crippen molar-refractivity contribution < 1.29 is 14.6 Å². The first-order valence-electron chi connectivity index (χ1n) is 6.35. The van der Waals surface area contributed by atoms with Gasteiger partial charge in [-0.2, -0.15) is 0 Å². The second-order valence-corrected chi connectivity index (χ2v) is 5.25. The molecule has 106 valence electrons. The predicted octanol–water partition coefficient (Wildman–Crippen LogP) is 2.24. The van der Waals surface area contributed by atoms with E-state index in [1.807, 2.05) is 18.2 Å². The molecule has 0 spiro atoms. The number of hydrogen-bond acceptors (Lipinski definition) is 4. The Hall–Kier alpha value is -0.810. The molecule has 1 aliphatic rings. The van der Waals surface area contributed by atoms with E-state index < -0.39 is 6.10 Å². The highest BCUT2D eigenvalue weighted by Gasteiger charge is 2.33. The lowest BCUT2D eigenvalue weighted by atomic mass is 10.1. The first-order valence-corrected chi connectivity index (χ1v) is 6.72. The average Bonchev–Trinajstić information content (AvgIpc) is 2.81.